The summed E-state index contributed by atoms with van der Waals surface area (Å²) in [6.07, 6.45) is 2.73. The molecule has 1 fully saturated rings. The number of nitrogen functional groups attached to an aromatic ring is 1. The van der Waals surface area contributed by atoms with Gasteiger partial charge in [-0.2, -0.15) is 0 Å². The number of hydrogen-bond acceptors (Lipinski definition) is 6. The van der Waals surface area contributed by atoms with E-state index in [1.54, 1.807) is 23.1 Å². The van der Waals surface area contributed by atoms with Crippen LogP contribution in [0.1, 0.15) is 25.3 Å². The van der Waals surface area contributed by atoms with Crippen LogP contribution in [0.15, 0.2) is 71.6 Å². The largest absolute Gasteiger partial charge is 0.383 e. The minimum absolute atomic E-state index is 0.0174. The lowest BCUT2D eigenvalue weighted by molar-refractivity contribution is -0.138. The van der Waals surface area contributed by atoms with E-state index in [-0.39, 0.29) is 24.4 Å². The molecule has 0 bridgehead atoms. The van der Waals surface area contributed by atoms with Gasteiger partial charge in [-0.05, 0) is 78.0 Å². The summed E-state index contributed by atoms with van der Waals surface area (Å²) in [5.74, 6) is 0.381. The van der Waals surface area contributed by atoms with Crippen molar-refractivity contribution >= 4 is 61.3 Å². The Morgan fingerprint density at radius 2 is 1.82 bits per heavy atom. The maximum atomic E-state index is 13.9. The SMILES string of the molecule is Cc1ccc(-c2ccc3c(c2)c2c(N)ncnc2n3CC(=O)N2[C@H](C)CC[C@H]2C(=O)Nc2cccc(Br)n2)cc1. The highest BCUT2D eigenvalue weighted by Crippen LogP contribution is 2.35. The van der Waals surface area contributed by atoms with Crippen molar-refractivity contribution in [3.63, 3.8) is 0 Å². The summed E-state index contributed by atoms with van der Waals surface area (Å²) in [4.78, 5) is 41.8. The van der Waals surface area contributed by atoms with Crippen molar-refractivity contribution in [3.8, 4) is 11.1 Å². The summed E-state index contributed by atoms with van der Waals surface area (Å²) in [6.45, 7) is 4.05. The first-order chi connectivity index (χ1) is 19.3. The van der Waals surface area contributed by atoms with E-state index in [9.17, 15) is 9.59 Å². The number of nitrogens with two attached hydrogens (primary N) is 1. The first-order valence-corrected chi connectivity index (χ1v) is 13.9. The molecule has 0 unspecified atom stereocenters. The van der Waals surface area contributed by atoms with Crippen LogP contribution in [-0.2, 0) is 16.1 Å². The molecule has 40 heavy (non-hydrogen) atoms. The molecule has 2 amide bonds. The van der Waals surface area contributed by atoms with E-state index >= 15 is 0 Å². The van der Waals surface area contributed by atoms with Crippen LogP contribution >= 0.6 is 15.9 Å². The third kappa shape index (κ3) is 4.68. The molecule has 3 aromatic heterocycles. The second kappa shape index (κ2) is 10.3. The minimum atomic E-state index is -0.593. The monoisotopic (exact) mass is 597 g/mol. The zero-order chi connectivity index (χ0) is 28.0. The molecule has 0 spiro atoms. The van der Waals surface area contributed by atoms with Crippen LogP contribution in [0.2, 0.25) is 0 Å². The number of benzene rings is 2. The highest BCUT2D eigenvalue weighted by molar-refractivity contribution is 9.10. The molecular weight excluding hydrogens is 570 g/mol. The second-order valence-corrected chi connectivity index (χ2v) is 11.0. The van der Waals surface area contributed by atoms with Gasteiger partial charge in [-0.25, -0.2) is 15.0 Å². The number of aryl methyl sites for hydroxylation is 1. The van der Waals surface area contributed by atoms with Gasteiger partial charge in [-0.3, -0.25) is 9.59 Å². The van der Waals surface area contributed by atoms with Crippen molar-refractivity contribution in [2.45, 2.75) is 45.3 Å². The van der Waals surface area contributed by atoms with E-state index in [0.29, 0.717) is 33.7 Å². The summed E-state index contributed by atoms with van der Waals surface area (Å²) in [6, 6.07) is 19.1. The highest BCUT2D eigenvalue weighted by Gasteiger charge is 2.39. The van der Waals surface area contributed by atoms with Crippen LogP contribution in [0.25, 0.3) is 33.1 Å². The maximum Gasteiger partial charge on any atom is 0.248 e. The third-order valence-corrected chi connectivity index (χ3v) is 8.01. The van der Waals surface area contributed by atoms with Gasteiger partial charge >= 0.3 is 0 Å². The van der Waals surface area contributed by atoms with E-state index in [2.05, 4.69) is 73.5 Å². The normalized spacial score (nSPS) is 17.0. The van der Waals surface area contributed by atoms with Crippen molar-refractivity contribution in [1.82, 2.24) is 24.4 Å². The van der Waals surface area contributed by atoms with Crippen molar-refractivity contribution in [2.75, 3.05) is 11.1 Å². The number of hydrogen-bond donors (Lipinski definition) is 2. The maximum absolute atomic E-state index is 13.9. The Labute approximate surface area is 239 Å². The summed E-state index contributed by atoms with van der Waals surface area (Å²) in [7, 11) is 0. The number of anilines is 2. The van der Waals surface area contributed by atoms with E-state index in [1.165, 1.54) is 11.9 Å². The lowest BCUT2D eigenvalue weighted by atomic mass is 10.0. The van der Waals surface area contributed by atoms with Gasteiger partial charge in [-0.15, -0.1) is 0 Å². The topological polar surface area (TPSA) is 119 Å². The number of carbonyl (C=O) groups is 2. The number of fused-ring (bicyclic) bond motifs is 3. The number of pyridine rings is 1. The molecule has 9 nitrogen and oxygen atoms in total. The van der Waals surface area contributed by atoms with E-state index < -0.39 is 6.04 Å². The van der Waals surface area contributed by atoms with Crippen molar-refractivity contribution < 1.29 is 9.59 Å². The number of nitrogens with zero attached hydrogens (tertiary/aromatic N) is 5. The molecular formula is C30H28BrN7O2. The summed E-state index contributed by atoms with van der Waals surface area (Å²) in [5, 5.41) is 4.45. The molecule has 3 N–H and O–H groups in total. The van der Waals surface area contributed by atoms with Gasteiger partial charge in [0.05, 0.1) is 10.9 Å². The van der Waals surface area contributed by atoms with Gasteiger partial charge in [0.15, 0.2) is 0 Å². The lowest BCUT2D eigenvalue weighted by Gasteiger charge is -2.28. The molecule has 5 aromatic rings. The Morgan fingerprint density at radius 3 is 2.60 bits per heavy atom. The Morgan fingerprint density at radius 1 is 1.05 bits per heavy atom. The van der Waals surface area contributed by atoms with Crippen LogP contribution < -0.4 is 11.1 Å². The van der Waals surface area contributed by atoms with Crippen molar-refractivity contribution in [3.05, 3.63) is 77.2 Å². The number of likely N-dealkylation sites (tertiary alicyclic amines) is 1. The predicted molar refractivity (Wildman–Crippen MR) is 160 cm³/mol. The fourth-order valence-electron chi connectivity index (χ4n) is 5.59. The van der Waals surface area contributed by atoms with Crippen LogP contribution in [0.4, 0.5) is 11.6 Å². The van der Waals surface area contributed by atoms with Gasteiger partial charge in [0.25, 0.3) is 0 Å². The molecule has 1 saturated heterocycles. The van der Waals surface area contributed by atoms with Crippen LogP contribution in [0, 0.1) is 6.92 Å². The fraction of sp³-hybridized carbons (Fsp3) is 0.233. The average molecular weight is 599 g/mol. The lowest BCUT2D eigenvalue weighted by Crippen LogP contribution is -2.47. The summed E-state index contributed by atoms with van der Waals surface area (Å²) >= 11 is 3.33. The first kappa shape index (κ1) is 25.9. The Bertz CT molecular complexity index is 1770. The van der Waals surface area contributed by atoms with Crippen LogP contribution in [0.5, 0.6) is 0 Å². The molecule has 6 rings (SSSR count). The second-order valence-electron chi connectivity index (χ2n) is 10.2. The van der Waals surface area contributed by atoms with E-state index in [1.807, 2.05) is 23.6 Å². The average Bonchev–Trinajstić information content (AvgIpc) is 3.47. The predicted octanol–water partition coefficient (Wildman–Crippen LogP) is 5.32. The van der Waals surface area contributed by atoms with Crippen molar-refractivity contribution in [2.24, 2.45) is 0 Å². The highest BCUT2D eigenvalue weighted by atomic mass is 79.9. The molecule has 202 valence electrons. The quantitative estimate of drug-likeness (QED) is 0.265. The van der Waals surface area contributed by atoms with E-state index in [4.69, 9.17) is 5.73 Å². The number of carbonyl (C=O) groups excluding carboxylic acids is 2. The molecule has 10 heteroatoms. The standard InChI is InChI=1S/C30H28BrN7O2/c1-17-6-9-19(10-7-17)20-11-13-22-21(14-20)27-28(32)33-16-34-29(27)37(22)15-26(39)38-18(2)8-12-23(38)30(40)36-25-5-3-4-24(31)35-25/h3-7,9-11,13-14,16,18,23H,8,12,15H2,1-2H3,(H2,32,33,34)(H,35,36,40)/t18-,23+/m1/s1. The molecule has 2 atom stereocenters. The molecule has 4 heterocycles. The smallest absolute Gasteiger partial charge is 0.248 e. The van der Waals surface area contributed by atoms with E-state index in [0.717, 1.165) is 28.5 Å². The van der Waals surface area contributed by atoms with Crippen LogP contribution in [-0.4, -0.2) is 48.3 Å². The van der Waals surface area contributed by atoms with Gasteiger partial charge in [0.1, 0.15) is 40.8 Å². The molecule has 0 saturated carbocycles. The van der Waals surface area contributed by atoms with Crippen molar-refractivity contribution in [1.29, 1.82) is 0 Å². The van der Waals surface area contributed by atoms with Gasteiger partial charge < -0.3 is 20.5 Å². The molecule has 1 aliphatic heterocycles. The Kier molecular flexibility index (Phi) is 6.71. The summed E-state index contributed by atoms with van der Waals surface area (Å²) in [5.41, 5.74) is 11.1. The number of nitrogens with one attached hydrogen (secondary N) is 1. The fourth-order valence-corrected chi connectivity index (χ4v) is 5.93. The number of amides is 2. The third-order valence-electron chi connectivity index (χ3n) is 7.57. The zero-order valence-corrected chi connectivity index (χ0v) is 23.7. The minimum Gasteiger partial charge on any atom is -0.383 e. The van der Waals surface area contributed by atoms with Gasteiger partial charge in [-0.1, -0.05) is 42.0 Å². The molecule has 1 aliphatic rings. The van der Waals surface area contributed by atoms with Crippen LogP contribution in [0.3, 0.4) is 0 Å². The number of halogens is 1. The summed E-state index contributed by atoms with van der Waals surface area (Å²) < 4.78 is 2.50. The van der Waals surface area contributed by atoms with Gasteiger partial charge in [0.2, 0.25) is 11.8 Å². The van der Waals surface area contributed by atoms with Gasteiger partial charge in [0, 0.05) is 11.4 Å². The Balaban J connectivity index is 1.35. The first-order valence-electron chi connectivity index (χ1n) is 13.1. The molecule has 0 aliphatic carbocycles. The molecule has 0 radical (unpaired) electrons. The number of rotatable bonds is 5. The zero-order valence-electron chi connectivity index (χ0n) is 22.1. The molecule has 2 aromatic carbocycles. The number of aromatic nitrogens is 4. The Hall–Kier alpha value is -4.31.